The Morgan fingerprint density at radius 2 is 2.00 bits per heavy atom. The Kier molecular flexibility index (Phi) is 4.46. The Labute approximate surface area is 135 Å². The zero-order valence-electron chi connectivity index (χ0n) is 13.1. The number of nitrogens with one attached hydrogen (secondary N) is 1. The van der Waals surface area contributed by atoms with E-state index in [4.69, 9.17) is 10.5 Å². The normalized spacial score (nSPS) is 14.6. The number of ether oxygens (including phenoxy) is 1. The van der Waals surface area contributed by atoms with Crippen molar-refractivity contribution in [3.05, 3.63) is 59.4 Å². The zero-order valence-corrected chi connectivity index (χ0v) is 13.1. The molecular formula is C18H20FN3O. The van der Waals surface area contributed by atoms with E-state index in [1.54, 1.807) is 12.1 Å². The fraction of sp³-hybridized carbons (Fsp3) is 0.278. The van der Waals surface area contributed by atoms with Gasteiger partial charge in [-0.25, -0.2) is 9.38 Å². The molecule has 2 aromatic carbocycles. The first-order valence-corrected chi connectivity index (χ1v) is 7.69. The summed E-state index contributed by atoms with van der Waals surface area (Å²) < 4.78 is 18.7. The van der Waals surface area contributed by atoms with Gasteiger partial charge in [0.1, 0.15) is 17.3 Å². The van der Waals surface area contributed by atoms with Crippen molar-refractivity contribution in [1.82, 2.24) is 5.32 Å². The molecule has 120 valence electrons. The van der Waals surface area contributed by atoms with Crippen LogP contribution in [0, 0.1) is 12.7 Å². The summed E-state index contributed by atoms with van der Waals surface area (Å²) in [4.78, 5) is 4.34. The Hall–Kier alpha value is -2.56. The standard InChI is InChI=1S/C18H20FN3O/c1-12-10-13(11-21-18(20)22-15-5-6-15)2-9-17(12)23-16-7-3-14(19)4-8-16/h2-4,7-10,15H,5-6,11H2,1H3,(H3,20,21,22). The summed E-state index contributed by atoms with van der Waals surface area (Å²) in [5, 5.41) is 3.16. The molecule has 0 heterocycles. The molecule has 0 saturated heterocycles. The van der Waals surface area contributed by atoms with E-state index in [1.807, 2.05) is 25.1 Å². The molecule has 3 rings (SSSR count). The van der Waals surface area contributed by atoms with E-state index in [9.17, 15) is 4.39 Å². The minimum atomic E-state index is -0.278. The smallest absolute Gasteiger partial charge is 0.189 e. The van der Waals surface area contributed by atoms with Crippen molar-refractivity contribution < 1.29 is 9.13 Å². The predicted molar refractivity (Wildman–Crippen MR) is 89.1 cm³/mol. The molecule has 23 heavy (non-hydrogen) atoms. The molecule has 1 aliphatic carbocycles. The Balaban J connectivity index is 1.64. The van der Waals surface area contributed by atoms with Crippen LogP contribution in [-0.2, 0) is 6.54 Å². The summed E-state index contributed by atoms with van der Waals surface area (Å²) in [6.07, 6.45) is 2.34. The zero-order chi connectivity index (χ0) is 16.2. The number of hydrogen-bond acceptors (Lipinski definition) is 2. The molecule has 1 aliphatic rings. The number of halogens is 1. The van der Waals surface area contributed by atoms with Crippen LogP contribution in [0.4, 0.5) is 4.39 Å². The first kappa shape index (κ1) is 15.3. The maximum absolute atomic E-state index is 12.9. The first-order chi connectivity index (χ1) is 11.1. The van der Waals surface area contributed by atoms with E-state index in [0.717, 1.165) is 16.9 Å². The molecule has 0 atom stereocenters. The van der Waals surface area contributed by atoms with Crippen LogP contribution in [0.3, 0.4) is 0 Å². The van der Waals surface area contributed by atoms with Crippen molar-refractivity contribution in [1.29, 1.82) is 0 Å². The fourth-order valence-corrected chi connectivity index (χ4v) is 2.21. The van der Waals surface area contributed by atoms with Crippen LogP contribution >= 0.6 is 0 Å². The van der Waals surface area contributed by atoms with Gasteiger partial charge in [-0.3, -0.25) is 0 Å². The minimum absolute atomic E-state index is 0.278. The van der Waals surface area contributed by atoms with Gasteiger partial charge in [0, 0.05) is 6.04 Å². The van der Waals surface area contributed by atoms with E-state index in [2.05, 4.69) is 10.3 Å². The van der Waals surface area contributed by atoms with Gasteiger partial charge >= 0.3 is 0 Å². The van der Waals surface area contributed by atoms with Gasteiger partial charge in [-0.1, -0.05) is 12.1 Å². The number of nitrogens with zero attached hydrogens (tertiary/aromatic N) is 1. The second-order valence-electron chi connectivity index (χ2n) is 5.78. The topological polar surface area (TPSA) is 59.6 Å². The van der Waals surface area contributed by atoms with Crippen LogP contribution in [-0.4, -0.2) is 12.0 Å². The SMILES string of the molecule is Cc1cc(CN=C(N)NC2CC2)ccc1Oc1ccc(F)cc1. The first-order valence-electron chi connectivity index (χ1n) is 7.69. The summed E-state index contributed by atoms with van der Waals surface area (Å²) in [6.45, 7) is 2.50. The lowest BCUT2D eigenvalue weighted by Crippen LogP contribution is -2.33. The minimum Gasteiger partial charge on any atom is -0.457 e. The second kappa shape index (κ2) is 6.69. The number of guanidine groups is 1. The molecule has 4 nitrogen and oxygen atoms in total. The van der Waals surface area contributed by atoms with Gasteiger partial charge in [0.15, 0.2) is 5.96 Å². The predicted octanol–water partition coefficient (Wildman–Crippen LogP) is 3.49. The maximum atomic E-state index is 12.9. The number of aryl methyl sites for hydroxylation is 1. The van der Waals surface area contributed by atoms with Gasteiger partial charge in [0.05, 0.1) is 6.54 Å². The van der Waals surface area contributed by atoms with Crippen molar-refractivity contribution in [2.45, 2.75) is 32.4 Å². The Bertz CT molecular complexity index is 709. The molecule has 1 saturated carbocycles. The molecule has 0 aliphatic heterocycles. The van der Waals surface area contributed by atoms with Crippen LogP contribution in [0.2, 0.25) is 0 Å². The molecule has 0 amide bonds. The number of hydrogen-bond donors (Lipinski definition) is 2. The highest BCUT2D eigenvalue weighted by molar-refractivity contribution is 5.78. The highest BCUT2D eigenvalue weighted by Crippen LogP contribution is 2.26. The third kappa shape index (κ3) is 4.45. The van der Waals surface area contributed by atoms with Crippen LogP contribution < -0.4 is 15.8 Å². The number of aliphatic imine (C=N–C) groups is 1. The van der Waals surface area contributed by atoms with Gasteiger partial charge in [-0.15, -0.1) is 0 Å². The van der Waals surface area contributed by atoms with Crippen LogP contribution in [0.1, 0.15) is 24.0 Å². The van der Waals surface area contributed by atoms with Crippen LogP contribution in [0.15, 0.2) is 47.5 Å². The van der Waals surface area contributed by atoms with Gasteiger partial charge in [0.25, 0.3) is 0 Å². The quantitative estimate of drug-likeness (QED) is 0.656. The average Bonchev–Trinajstić information content (AvgIpc) is 3.34. The van der Waals surface area contributed by atoms with Crippen LogP contribution in [0.25, 0.3) is 0 Å². The Morgan fingerprint density at radius 3 is 2.65 bits per heavy atom. The monoisotopic (exact) mass is 313 g/mol. The molecule has 3 N–H and O–H groups in total. The summed E-state index contributed by atoms with van der Waals surface area (Å²) in [7, 11) is 0. The van der Waals surface area contributed by atoms with Crippen molar-refractivity contribution in [2.24, 2.45) is 10.7 Å². The lowest BCUT2D eigenvalue weighted by Gasteiger charge is -2.10. The van der Waals surface area contributed by atoms with Gasteiger partial charge in [-0.05, 0) is 61.2 Å². The number of benzene rings is 2. The van der Waals surface area contributed by atoms with Gasteiger partial charge < -0.3 is 15.8 Å². The summed E-state index contributed by atoms with van der Waals surface area (Å²) in [5.74, 6) is 1.57. The highest BCUT2D eigenvalue weighted by atomic mass is 19.1. The van der Waals surface area contributed by atoms with Crippen molar-refractivity contribution in [3.8, 4) is 11.5 Å². The molecule has 0 radical (unpaired) electrons. The molecule has 0 unspecified atom stereocenters. The van der Waals surface area contributed by atoms with Crippen molar-refractivity contribution in [3.63, 3.8) is 0 Å². The lowest BCUT2D eigenvalue weighted by molar-refractivity contribution is 0.476. The maximum Gasteiger partial charge on any atom is 0.189 e. The summed E-state index contributed by atoms with van der Waals surface area (Å²) >= 11 is 0. The Morgan fingerprint density at radius 1 is 1.26 bits per heavy atom. The number of nitrogens with two attached hydrogens (primary N) is 1. The van der Waals surface area contributed by atoms with E-state index in [0.29, 0.717) is 24.3 Å². The van der Waals surface area contributed by atoms with Crippen LogP contribution in [0.5, 0.6) is 11.5 Å². The lowest BCUT2D eigenvalue weighted by atomic mass is 10.1. The molecule has 1 fully saturated rings. The van der Waals surface area contributed by atoms with Gasteiger partial charge in [0.2, 0.25) is 0 Å². The molecule has 2 aromatic rings. The second-order valence-corrected chi connectivity index (χ2v) is 5.78. The van der Waals surface area contributed by atoms with Crippen molar-refractivity contribution >= 4 is 5.96 Å². The summed E-state index contributed by atoms with van der Waals surface area (Å²) in [6, 6.07) is 12.4. The highest BCUT2D eigenvalue weighted by Gasteiger charge is 2.21. The van der Waals surface area contributed by atoms with E-state index >= 15 is 0 Å². The van der Waals surface area contributed by atoms with Gasteiger partial charge in [-0.2, -0.15) is 0 Å². The van der Waals surface area contributed by atoms with E-state index in [1.165, 1.54) is 25.0 Å². The fourth-order valence-electron chi connectivity index (χ4n) is 2.21. The molecule has 0 bridgehead atoms. The largest absolute Gasteiger partial charge is 0.457 e. The third-order valence-corrected chi connectivity index (χ3v) is 3.64. The third-order valence-electron chi connectivity index (χ3n) is 3.64. The molecule has 0 aromatic heterocycles. The molecular weight excluding hydrogens is 293 g/mol. The average molecular weight is 313 g/mol. The van der Waals surface area contributed by atoms with Crippen molar-refractivity contribution in [2.75, 3.05) is 0 Å². The van der Waals surface area contributed by atoms with E-state index < -0.39 is 0 Å². The molecule has 5 heteroatoms. The van der Waals surface area contributed by atoms with E-state index in [-0.39, 0.29) is 5.82 Å². The summed E-state index contributed by atoms with van der Waals surface area (Å²) in [5.41, 5.74) is 7.89. The molecule has 0 spiro atoms. The number of rotatable bonds is 5.